The summed E-state index contributed by atoms with van der Waals surface area (Å²) in [5.74, 6) is -0.912. The number of hydrogen-bond acceptors (Lipinski definition) is 6. The maximum absolute atomic E-state index is 13.6. The summed E-state index contributed by atoms with van der Waals surface area (Å²) in [5, 5.41) is 17.2. The number of aryl methyl sites for hydroxylation is 2. The molecule has 0 aromatic carbocycles. The first-order valence-electron chi connectivity index (χ1n) is 11.0. The Morgan fingerprint density at radius 1 is 1.12 bits per heavy atom. The minimum atomic E-state index is -2.60. The van der Waals surface area contributed by atoms with Crippen molar-refractivity contribution in [2.75, 3.05) is 23.3 Å². The molecular weight excluding hydrogens is 420 g/mol. The van der Waals surface area contributed by atoms with E-state index in [2.05, 4.69) is 20.3 Å². The summed E-state index contributed by atoms with van der Waals surface area (Å²) in [6, 6.07) is 3.71. The molecule has 0 spiro atoms. The second kappa shape index (κ2) is 7.56. The zero-order valence-corrected chi connectivity index (χ0v) is 18.1. The molecule has 1 aliphatic carbocycles. The largest absolute Gasteiger partial charge is 0.465 e. The molecule has 11 heteroatoms. The van der Waals surface area contributed by atoms with Crippen LogP contribution in [0.2, 0.25) is 0 Å². The quantitative estimate of drug-likeness (QED) is 0.742. The van der Waals surface area contributed by atoms with Crippen molar-refractivity contribution in [2.45, 2.75) is 70.0 Å². The van der Waals surface area contributed by atoms with Gasteiger partial charge in [-0.1, -0.05) is 0 Å². The molecule has 2 aliphatic heterocycles. The molecule has 2 N–H and O–H groups in total. The van der Waals surface area contributed by atoms with Gasteiger partial charge in [0, 0.05) is 43.7 Å². The predicted molar refractivity (Wildman–Crippen MR) is 114 cm³/mol. The molecule has 9 nitrogen and oxygen atoms in total. The number of hydrogen-bond donors (Lipinski definition) is 2. The second-order valence-electron chi connectivity index (χ2n) is 9.15. The lowest BCUT2D eigenvalue weighted by Gasteiger charge is -2.34. The summed E-state index contributed by atoms with van der Waals surface area (Å²) < 4.78 is 28.9. The zero-order chi connectivity index (χ0) is 22.6. The lowest BCUT2D eigenvalue weighted by atomic mass is 9.92. The number of carboxylic acid groups (broad SMARTS) is 1. The number of nitrogens with one attached hydrogen (secondary N) is 1. The van der Waals surface area contributed by atoms with Crippen LogP contribution >= 0.6 is 0 Å². The molecule has 3 aliphatic rings. The number of nitrogens with zero attached hydrogens (tertiary/aromatic N) is 6. The van der Waals surface area contributed by atoms with E-state index < -0.39 is 12.0 Å². The van der Waals surface area contributed by atoms with Crippen molar-refractivity contribution in [2.24, 2.45) is 0 Å². The van der Waals surface area contributed by atoms with Gasteiger partial charge in [-0.25, -0.2) is 18.3 Å². The first-order valence-corrected chi connectivity index (χ1v) is 11.0. The van der Waals surface area contributed by atoms with E-state index in [0.29, 0.717) is 43.5 Å². The predicted octanol–water partition coefficient (Wildman–Crippen LogP) is 3.21. The molecular formula is C21H27F2N7O2. The molecule has 5 rings (SSSR count). The minimum absolute atomic E-state index is 0.0541. The fourth-order valence-corrected chi connectivity index (χ4v) is 5.15. The Kier molecular flexibility index (Phi) is 4.94. The normalized spacial score (nSPS) is 24.9. The number of alkyl halides is 2. The average molecular weight is 447 g/mol. The van der Waals surface area contributed by atoms with Gasteiger partial charge >= 0.3 is 6.09 Å². The molecule has 0 unspecified atom stereocenters. The van der Waals surface area contributed by atoms with E-state index in [-0.39, 0.29) is 31.0 Å². The number of piperazine rings is 1. The molecule has 0 radical (unpaired) electrons. The fourth-order valence-electron chi connectivity index (χ4n) is 5.15. The number of likely N-dealkylation sites (tertiary alicyclic amines) is 1. The Morgan fingerprint density at radius 2 is 1.84 bits per heavy atom. The highest BCUT2D eigenvalue weighted by molar-refractivity contribution is 5.67. The van der Waals surface area contributed by atoms with Gasteiger partial charge in [-0.05, 0) is 39.2 Å². The number of halogens is 2. The van der Waals surface area contributed by atoms with E-state index >= 15 is 0 Å². The minimum Gasteiger partial charge on any atom is -0.465 e. The van der Waals surface area contributed by atoms with E-state index in [0.717, 1.165) is 17.8 Å². The third-order valence-corrected chi connectivity index (χ3v) is 6.76. The van der Waals surface area contributed by atoms with Crippen molar-refractivity contribution in [3.63, 3.8) is 0 Å². The van der Waals surface area contributed by atoms with E-state index in [1.165, 1.54) is 4.90 Å². The van der Waals surface area contributed by atoms with Crippen LogP contribution < -0.4 is 10.2 Å². The van der Waals surface area contributed by atoms with Crippen molar-refractivity contribution >= 4 is 17.9 Å². The summed E-state index contributed by atoms with van der Waals surface area (Å²) >= 11 is 0. The van der Waals surface area contributed by atoms with Crippen LogP contribution in [-0.2, 0) is 0 Å². The standard InChI is InChI=1S/C21H27F2N7O2/c1-12-7-13(2)30(27-12)18-9-17(28-10-16-8-15(28)11-29(16)20(31)32)25-19(26-18)24-14-3-5-21(22,23)6-4-14/h7,9,14-16H,3-6,8,10-11H2,1-2H3,(H,31,32)(H,24,25,26)/t15-,16-/m1/s1. The number of carbonyl (C=O) groups is 1. The third kappa shape index (κ3) is 3.84. The Hall–Kier alpha value is -2.98. The molecule has 2 aromatic rings. The Bertz CT molecular complexity index is 1030. The Morgan fingerprint density at radius 3 is 2.44 bits per heavy atom. The molecule has 2 saturated heterocycles. The third-order valence-electron chi connectivity index (χ3n) is 6.76. The van der Waals surface area contributed by atoms with Crippen LogP contribution in [-0.4, -0.2) is 73.0 Å². The summed E-state index contributed by atoms with van der Waals surface area (Å²) in [4.78, 5) is 24.4. The molecule has 2 aromatic heterocycles. The van der Waals surface area contributed by atoms with Crippen molar-refractivity contribution in [1.82, 2.24) is 24.6 Å². The van der Waals surface area contributed by atoms with E-state index in [1.807, 2.05) is 26.0 Å². The number of fused-ring (bicyclic) bond motifs is 2. The highest BCUT2D eigenvalue weighted by Gasteiger charge is 2.46. The van der Waals surface area contributed by atoms with Crippen LogP contribution in [0.15, 0.2) is 12.1 Å². The average Bonchev–Trinajstić information content (AvgIpc) is 3.43. The maximum atomic E-state index is 13.6. The van der Waals surface area contributed by atoms with Gasteiger partial charge in [-0.3, -0.25) is 0 Å². The highest BCUT2D eigenvalue weighted by Crippen LogP contribution is 2.36. The number of rotatable bonds is 4. The molecule has 32 heavy (non-hydrogen) atoms. The lowest BCUT2D eigenvalue weighted by Crippen LogP contribution is -2.48. The fraction of sp³-hybridized carbons (Fsp3) is 0.619. The summed E-state index contributed by atoms with van der Waals surface area (Å²) in [5.41, 5.74) is 1.79. The lowest BCUT2D eigenvalue weighted by molar-refractivity contribution is -0.0361. The van der Waals surface area contributed by atoms with Gasteiger partial charge in [0.05, 0.1) is 17.8 Å². The van der Waals surface area contributed by atoms with Crippen LogP contribution in [0.5, 0.6) is 0 Å². The van der Waals surface area contributed by atoms with Gasteiger partial charge < -0.3 is 20.2 Å². The Labute approximate surface area is 184 Å². The zero-order valence-electron chi connectivity index (χ0n) is 18.1. The second-order valence-corrected chi connectivity index (χ2v) is 9.15. The number of amides is 1. The Balaban J connectivity index is 1.44. The first kappa shape index (κ1) is 20.9. The van der Waals surface area contributed by atoms with Crippen LogP contribution in [0, 0.1) is 13.8 Å². The molecule has 3 fully saturated rings. The van der Waals surface area contributed by atoms with Crippen LogP contribution in [0.25, 0.3) is 5.82 Å². The van der Waals surface area contributed by atoms with Gasteiger partial charge in [0.25, 0.3) is 0 Å². The van der Waals surface area contributed by atoms with Gasteiger partial charge in [-0.2, -0.15) is 15.1 Å². The topological polar surface area (TPSA) is 99.4 Å². The van der Waals surface area contributed by atoms with E-state index in [1.54, 1.807) is 4.68 Å². The summed E-state index contributed by atoms with van der Waals surface area (Å²) in [6.07, 6.45) is 0.312. The molecule has 2 bridgehead atoms. The van der Waals surface area contributed by atoms with Crippen LogP contribution in [0.1, 0.15) is 43.5 Å². The van der Waals surface area contributed by atoms with Gasteiger partial charge in [-0.15, -0.1) is 0 Å². The monoisotopic (exact) mass is 447 g/mol. The number of anilines is 2. The van der Waals surface area contributed by atoms with Crippen molar-refractivity contribution in [3.05, 3.63) is 23.5 Å². The smallest absolute Gasteiger partial charge is 0.407 e. The van der Waals surface area contributed by atoms with Gasteiger partial charge in [0.2, 0.25) is 11.9 Å². The van der Waals surface area contributed by atoms with E-state index in [4.69, 9.17) is 4.98 Å². The van der Waals surface area contributed by atoms with E-state index in [9.17, 15) is 18.7 Å². The molecule has 172 valence electrons. The first-order chi connectivity index (χ1) is 15.2. The molecule has 1 amide bonds. The van der Waals surface area contributed by atoms with Gasteiger partial charge in [0.1, 0.15) is 5.82 Å². The summed E-state index contributed by atoms with van der Waals surface area (Å²) in [6.45, 7) is 4.87. The molecule has 1 saturated carbocycles. The van der Waals surface area contributed by atoms with Crippen molar-refractivity contribution < 1.29 is 18.7 Å². The van der Waals surface area contributed by atoms with Crippen LogP contribution in [0.3, 0.4) is 0 Å². The highest BCUT2D eigenvalue weighted by atomic mass is 19.3. The van der Waals surface area contributed by atoms with Gasteiger partial charge in [0.15, 0.2) is 5.82 Å². The molecule has 2 atom stereocenters. The maximum Gasteiger partial charge on any atom is 0.407 e. The molecule has 4 heterocycles. The number of aromatic nitrogens is 4. The van der Waals surface area contributed by atoms with Crippen molar-refractivity contribution in [1.29, 1.82) is 0 Å². The van der Waals surface area contributed by atoms with Crippen molar-refractivity contribution in [3.8, 4) is 5.82 Å². The SMILES string of the molecule is Cc1cc(C)n(-c2cc(N3C[C@H]4C[C@@H]3CN4C(=O)O)nc(NC3CCC(F)(F)CC3)n2)n1. The summed E-state index contributed by atoms with van der Waals surface area (Å²) in [7, 11) is 0. The van der Waals surface area contributed by atoms with Crippen LogP contribution in [0.4, 0.5) is 25.3 Å².